The van der Waals surface area contributed by atoms with Crippen LogP contribution in [-0.2, 0) is 0 Å². The predicted octanol–water partition coefficient (Wildman–Crippen LogP) is 15.0. The van der Waals surface area contributed by atoms with Gasteiger partial charge in [-0.15, -0.1) is 11.3 Å². The first-order valence-corrected chi connectivity index (χ1v) is 26.9. The molecule has 0 saturated carbocycles. The second-order valence-electron chi connectivity index (χ2n) is 18.4. The maximum Gasteiger partial charge on any atom is 0.179 e. The Morgan fingerprint density at radius 1 is 0.271 bits per heavy atom. The van der Waals surface area contributed by atoms with Gasteiger partial charge in [0.15, 0.2) is 8.07 Å². The fourth-order valence-electron chi connectivity index (χ4n) is 11.6. The summed E-state index contributed by atoms with van der Waals surface area (Å²) in [5.74, 6) is 0. The molecule has 11 aromatic carbocycles. The molecule has 0 fully saturated rings. The number of fused-ring (bicyclic) bond motifs is 9. The van der Waals surface area contributed by atoms with Crippen LogP contribution < -0.4 is 20.7 Å². The molecule has 4 heteroatoms. The highest BCUT2D eigenvalue weighted by atomic mass is 32.1. The van der Waals surface area contributed by atoms with E-state index in [2.05, 4.69) is 276 Å². The summed E-state index contributed by atoms with van der Waals surface area (Å²) in [4.78, 5) is 0. The number of hydrogen-bond acceptors (Lipinski definition) is 1. The molecule has 0 spiro atoms. The summed E-state index contributed by atoms with van der Waals surface area (Å²) >= 11 is 1.87. The van der Waals surface area contributed by atoms with E-state index in [0.717, 1.165) is 11.4 Å². The summed E-state index contributed by atoms with van der Waals surface area (Å²) in [6.07, 6.45) is 0. The van der Waals surface area contributed by atoms with Crippen LogP contribution in [0.4, 0.5) is 0 Å². The number of thiophene rings is 1. The monoisotopic (exact) mass is 924 g/mol. The topological polar surface area (TPSA) is 9.86 Å². The smallest absolute Gasteiger partial charge is 0.179 e. The van der Waals surface area contributed by atoms with E-state index in [0.29, 0.717) is 0 Å². The number of nitrogens with zero attached hydrogens (tertiary/aromatic N) is 2. The highest BCUT2D eigenvalue weighted by Gasteiger charge is 2.41. The highest BCUT2D eigenvalue weighted by molar-refractivity contribution is 7.26. The molecule has 0 unspecified atom stereocenters. The fourth-order valence-corrected chi connectivity index (χ4v) is 17.5. The second kappa shape index (κ2) is 16.3. The summed E-state index contributed by atoms with van der Waals surface area (Å²) in [6.45, 7) is 0. The Balaban J connectivity index is 0.978. The van der Waals surface area contributed by atoms with Gasteiger partial charge in [0, 0.05) is 53.1 Å². The number of para-hydroxylation sites is 1. The first kappa shape index (κ1) is 40.5. The molecule has 0 bridgehead atoms. The van der Waals surface area contributed by atoms with Gasteiger partial charge in [-0.25, -0.2) is 0 Å². The Hall–Kier alpha value is -8.54. The molecule has 2 nitrogen and oxygen atoms in total. The number of benzene rings is 11. The molecular weight excluding hydrogens is 881 g/mol. The maximum absolute atomic E-state index is 2.77. The van der Waals surface area contributed by atoms with Crippen molar-refractivity contribution in [1.82, 2.24) is 9.13 Å². The van der Waals surface area contributed by atoms with E-state index < -0.39 is 8.07 Å². The first-order valence-electron chi connectivity index (χ1n) is 24.1. The van der Waals surface area contributed by atoms with Gasteiger partial charge in [-0.05, 0) is 116 Å². The molecule has 3 heterocycles. The largest absolute Gasteiger partial charge is 0.309 e. The summed E-state index contributed by atoms with van der Waals surface area (Å²) in [6, 6.07) is 99.5. The SMILES string of the molecule is c1ccc(-c2ccc3c(c2)c2cc(-c4cccc5sc6ccccc6c45)ccc2n3-c2ccc3c(c2)c2ccccc2n3-c2cccc([Si](c3ccccc3)(c3ccccc3)c3ccccc3)c2)cc1. The van der Waals surface area contributed by atoms with Gasteiger partial charge >= 0.3 is 0 Å². The highest BCUT2D eigenvalue weighted by Crippen LogP contribution is 2.43. The van der Waals surface area contributed by atoms with Crippen molar-refractivity contribution in [3.05, 3.63) is 267 Å². The fraction of sp³-hybridized carbons (Fsp3) is 0. The average molecular weight is 925 g/mol. The average Bonchev–Trinajstić information content (AvgIpc) is 4.09. The Bertz CT molecular complexity index is 4190. The molecule has 0 aliphatic rings. The molecule has 0 N–H and O–H groups in total. The lowest BCUT2D eigenvalue weighted by Gasteiger charge is -2.34. The molecule has 70 heavy (non-hydrogen) atoms. The third kappa shape index (κ3) is 6.24. The van der Waals surface area contributed by atoms with Gasteiger partial charge in [0.05, 0.1) is 22.1 Å². The second-order valence-corrected chi connectivity index (χ2v) is 23.3. The summed E-state index contributed by atoms with van der Waals surface area (Å²) < 4.78 is 7.60. The number of hydrogen-bond donors (Lipinski definition) is 0. The molecule has 14 rings (SSSR count). The van der Waals surface area contributed by atoms with E-state index in [4.69, 9.17) is 0 Å². The molecule has 0 atom stereocenters. The molecule has 0 aliphatic heterocycles. The van der Waals surface area contributed by atoms with E-state index in [1.165, 1.54) is 107 Å². The standard InChI is InChI=1S/C66H44N2SSi/c1-5-19-45(20-6-1)46-35-38-61-57(41-46)58-42-47(54-31-18-34-65-66(54)56-30-14-16-33-64(56)69-65)36-39-62(58)68(61)49-37-40-63-59(44-49)55-29-13-15-32-60(55)67(63)48-21-17-28-53(43-48)70(50-22-7-2-8-23-50,51-24-9-3-10-25-51)52-26-11-4-12-27-52/h1-44H. The van der Waals surface area contributed by atoms with Crippen molar-refractivity contribution in [2.75, 3.05) is 0 Å². The summed E-state index contributed by atoms with van der Waals surface area (Å²) in [5.41, 5.74) is 12.0. The van der Waals surface area contributed by atoms with Crippen molar-refractivity contribution in [3.8, 4) is 33.6 Å². The molecule has 0 radical (unpaired) electrons. The molecule has 14 aromatic rings. The number of rotatable bonds is 8. The Kier molecular flexibility index (Phi) is 9.44. The first-order chi connectivity index (χ1) is 34.7. The molecule has 0 saturated heterocycles. The van der Waals surface area contributed by atoms with Crippen LogP contribution in [0.15, 0.2) is 267 Å². The third-order valence-corrected chi connectivity index (χ3v) is 20.6. The van der Waals surface area contributed by atoms with Crippen molar-refractivity contribution < 1.29 is 0 Å². The van der Waals surface area contributed by atoms with E-state index >= 15 is 0 Å². The predicted molar refractivity (Wildman–Crippen MR) is 302 cm³/mol. The summed E-state index contributed by atoms with van der Waals surface area (Å²) in [7, 11) is -2.77. The van der Waals surface area contributed by atoms with Crippen molar-refractivity contribution in [1.29, 1.82) is 0 Å². The zero-order chi connectivity index (χ0) is 46.2. The molecular formula is C66H44N2SSi. The number of aromatic nitrogens is 2. The van der Waals surface area contributed by atoms with Crippen molar-refractivity contribution in [3.63, 3.8) is 0 Å². The van der Waals surface area contributed by atoms with E-state index in [-0.39, 0.29) is 0 Å². The van der Waals surface area contributed by atoms with E-state index in [1.807, 2.05) is 11.3 Å². The Morgan fingerprint density at radius 2 is 0.743 bits per heavy atom. The minimum atomic E-state index is -2.77. The Morgan fingerprint density at radius 3 is 1.41 bits per heavy atom. The van der Waals surface area contributed by atoms with Crippen LogP contribution in [0.5, 0.6) is 0 Å². The van der Waals surface area contributed by atoms with Crippen molar-refractivity contribution in [2.24, 2.45) is 0 Å². The minimum Gasteiger partial charge on any atom is -0.309 e. The van der Waals surface area contributed by atoms with Crippen LogP contribution in [0.25, 0.3) is 97.4 Å². The van der Waals surface area contributed by atoms with Gasteiger partial charge in [0.25, 0.3) is 0 Å². The van der Waals surface area contributed by atoms with Crippen molar-refractivity contribution in [2.45, 2.75) is 0 Å². The lowest BCUT2D eigenvalue weighted by molar-refractivity contribution is 1.17. The van der Waals surface area contributed by atoms with Crippen molar-refractivity contribution >= 4 is 104 Å². The third-order valence-electron chi connectivity index (χ3n) is 14.7. The van der Waals surface area contributed by atoms with Gasteiger partial charge in [0.1, 0.15) is 0 Å². The normalized spacial score (nSPS) is 12.0. The zero-order valence-corrected chi connectivity index (χ0v) is 40.0. The van der Waals surface area contributed by atoms with E-state index in [9.17, 15) is 0 Å². The van der Waals surface area contributed by atoms with E-state index in [1.54, 1.807) is 0 Å². The molecule has 3 aromatic heterocycles. The minimum absolute atomic E-state index is 1.14. The van der Waals surface area contributed by atoms with Crippen LogP contribution in [0, 0.1) is 0 Å². The molecule has 0 amide bonds. The van der Waals surface area contributed by atoms with Crippen LogP contribution in [-0.4, -0.2) is 17.2 Å². The quantitative estimate of drug-likeness (QED) is 0.106. The van der Waals surface area contributed by atoms with Crippen LogP contribution >= 0.6 is 11.3 Å². The zero-order valence-electron chi connectivity index (χ0n) is 38.2. The Labute approximate surface area is 411 Å². The van der Waals surface area contributed by atoms with Crippen LogP contribution in [0.3, 0.4) is 0 Å². The summed E-state index contributed by atoms with van der Waals surface area (Å²) in [5, 5.41) is 13.0. The van der Waals surface area contributed by atoms with Crippen LogP contribution in [0.1, 0.15) is 0 Å². The van der Waals surface area contributed by atoms with Gasteiger partial charge in [0.2, 0.25) is 0 Å². The van der Waals surface area contributed by atoms with Gasteiger partial charge < -0.3 is 9.13 Å². The lowest BCUT2D eigenvalue weighted by Crippen LogP contribution is -2.74. The van der Waals surface area contributed by atoms with Gasteiger partial charge in [-0.1, -0.05) is 194 Å². The van der Waals surface area contributed by atoms with Gasteiger partial charge in [-0.2, -0.15) is 0 Å². The van der Waals surface area contributed by atoms with Crippen LogP contribution in [0.2, 0.25) is 0 Å². The lowest BCUT2D eigenvalue weighted by atomic mass is 9.97. The molecule has 0 aliphatic carbocycles. The van der Waals surface area contributed by atoms with Gasteiger partial charge in [-0.3, -0.25) is 0 Å². The molecule has 328 valence electrons. The maximum atomic E-state index is 2.48.